The average Bonchev–Trinajstić information content (AvgIpc) is 3.17. The second-order valence-corrected chi connectivity index (χ2v) is 6.35. The van der Waals surface area contributed by atoms with E-state index in [2.05, 4.69) is 15.5 Å². The van der Waals surface area contributed by atoms with Crippen molar-refractivity contribution in [1.82, 2.24) is 15.5 Å². The number of aryl methyl sites for hydroxylation is 1. The largest absolute Gasteiger partial charge is 0.497 e. The Morgan fingerprint density at radius 1 is 1.11 bits per heavy atom. The van der Waals surface area contributed by atoms with E-state index in [0.29, 0.717) is 12.4 Å². The first-order valence-electron chi connectivity index (χ1n) is 9.12. The van der Waals surface area contributed by atoms with Crippen LogP contribution in [0, 0.1) is 5.82 Å². The highest BCUT2D eigenvalue weighted by atomic mass is 19.1. The number of carbonyl (C=O) groups is 1. The minimum atomic E-state index is -0.229. The standard InChI is InChI=1S/C21H22FN3O3/c1-27-18-11-7-16(8-12-18)21-24-20(28-25-21)14-19(26)23-13-3-2-4-15-5-9-17(22)10-6-15/h5-12H,2-4,13-14H2,1H3,(H,23,26). The summed E-state index contributed by atoms with van der Waals surface area (Å²) in [6, 6.07) is 13.8. The molecule has 28 heavy (non-hydrogen) atoms. The van der Waals surface area contributed by atoms with Gasteiger partial charge in [0.15, 0.2) is 0 Å². The van der Waals surface area contributed by atoms with Gasteiger partial charge in [0, 0.05) is 12.1 Å². The van der Waals surface area contributed by atoms with E-state index in [0.717, 1.165) is 36.1 Å². The van der Waals surface area contributed by atoms with Crippen molar-refractivity contribution < 1.29 is 18.4 Å². The zero-order valence-corrected chi connectivity index (χ0v) is 15.7. The highest BCUT2D eigenvalue weighted by Gasteiger charge is 2.12. The molecule has 3 rings (SSSR count). The molecular formula is C21H22FN3O3. The summed E-state index contributed by atoms with van der Waals surface area (Å²) in [6.45, 7) is 0.569. The number of hydrogen-bond donors (Lipinski definition) is 1. The second-order valence-electron chi connectivity index (χ2n) is 6.35. The number of hydrogen-bond acceptors (Lipinski definition) is 5. The minimum Gasteiger partial charge on any atom is -0.497 e. The van der Waals surface area contributed by atoms with E-state index in [-0.39, 0.29) is 24.0 Å². The maximum Gasteiger partial charge on any atom is 0.236 e. The van der Waals surface area contributed by atoms with Gasteiger partial charge in [0.25, 0.3) is 0 Å². The fraction of sp³-hybridized carbons (Fsp3) is 0.286. The minimum absolute atomic E-state index is 0.0428. The fourth-order valence-corrected chi connectivity index (χ4v) is 2.72. The molecule has 3 aromatic rings. The Bertz CT molecular complexity index is 892. The molecule has 0 aliphatic carbocycles. The number of halogens is 1. The van der Waals surface area contributed by atoms with Crippen LogP contribution >= 0.6 is 0 Å². The summed E-state index contributed by atoms with van der Waals surface area (Å²) in [5.74, 6) is 1.06. The number of carbonyl (C=O) groups excluding carboxylic acids is 1. The Kier molecular flexibility index (Phi) is 6.73. The van der Waals surface area contributed by atoms with Crippen LogP contribution in [0.25, 0.3) is 11.4 Å². The van der Waals surface area contributed by atoms with Crippen LogP contribution in [0.5, 0.6) is 5.75 Å². The predicted octanol–water partition coefficient (Wildman–Crippen LogP) is 3.57. The van der Waals surface area contributed by atoms with Gasteiger partial charge < -0.3 is 14.6 Å². The van der Waals surface area contributed by atoms with Gasteiger partial charge in [0.05, 0.1) is 7.11 Å². The SMILES string of the molecule is COc1ccc(-c2noc(CC(=O)NCCCCc3ccc(F)cc3)n2)cc1. The van der Waals surface area contributed by atoms with Crippen molar-refractivity contribution in [2.75, 3.05) is 13.7 Å². The summed E-state index contributed by atoms with van der Waals surface area (Å²) in [5.41, 5.74) is 1.88. The Balaban J connectivity index is 1.38. The molecule has 1 heterocycles. The normalized spacial score (nSPS) is 10.6. The summed E-state index contributed by atoms with van der Waals surface area (Å²) < 4.78 is 23.1. The van der Waals surface area contributed by atoms with E-state index in [1.54, 1.807) is 19.2 Å². The van der Waals surface area contributed by atoms with Gasteiger partial charge in [0.2, 0.25) is 17.6 Å². The van der Waals surface area contributed by atoms with Crippen molar-refractivity contribution in [2.45, 2.75) is 25.7 Å². The maximum absolute atomic E-state index is 12.9. The molecular weight excluding hydrogens is 361 g/mol. The lowest BCUT2D eigenvalue weighted by Gasteiger charge is -2.04. The number of nitrogens with zero attached hydrogens (tertiary/aromatic N) is 2. The first kappa shape index (κ1) is 19.5. The zero-order chi connectivity index (χ0) is 19.8. The number of rotatable bonds is 9. The molecule has 1 N–H and O–H groups in total. The predicted molar refractivity (Wildman–Crippen MR) is 102 cm³/mol. The molecule has 0 saturated carbocycles. The monoisotopic (exact) mass is 383 g/mol. The molecule has 1 aromatic heterocycles. The van der Waals surface area contributed by atoms with Crippen molar-refractivity contribution in [3.05, 3.63) is 65.8 Å². The number of ether oxygens (including phenoxy) is 1. The first-order chi connectivity index (χ1) is 13.6. The van der Waals surface area contributed by atoms with E-state index < -0.39 is 0 Å². The van der Waals surface area contributed by atoms with Crippen LogP contribution in [0.4, 0.5) is 4.39 Å². The molecule has 0 radical (unpaired) electrons. The van der Waals surface area contributed by atoms with Crippen LogP contribution in [0.3, 0.4) is 0 Å². The van der Waals surface area contributed by atoms with Crippen molar-refractivity contribution in [3.63, 3.8) is 0 Å². The highest BCUT2D eigenvalue weighted by Crippen LogP contribution is 2.19. The first-order valence-corrected chi connectivity index (χ1v) is 9.12. The van der Waals surface area contributed by atoms with Gasteiger partial charge in [0.1, 0.15) is 18.0 Å². The lowest BCUT2D eigenvalue weighted by molar-refractivity contribution is -0.120. The summed E-state index contributed by atoms with van der Waals surface area (Å²) in [6.07, 6.45) is 2.64. The fourth-order valence-electron chi connectivity index (χ4n) is 2.72. The summed E-state index contributed by atoms with van der Waals surface area (Å²) in [7, 11) is 1.60. The number of unbranched alkanes of at least 4 members (excludes halogenated alkanes) is 1. The van der Waals surface area contributed by atoms with Crippen LogP contribution in [0.15, 0.2) is 53.1 Å². The van der Waals surface area contributed by atoms with E-state index in [1.165, 1.54) is 12.1 Å². The van der Waals surface area contributed by atoms with E-state index in [9.17, 15) is 9.18 Å². The number of aromatic nitrogens is 2. The topological polar surface area (TPSA) is 77.2 Å². The maximum atomic E-state index is 12.9. The molecule has 0 spiro atoms. The van der Waals surface area contributed by atoms with Gasteiger partial charge in [-0.05, 0) is 61.2 Å². The Labute approximate surface area is 162 Å². The quantitative estimate of drug-likeness (QED) is 0.572. The van der Waals surface area contributed by atoms with Gasteiger partial charge in [-0.25, -0.2) is 4.39 Å². The van der Waals surface area contributed by atoms with Gasteiger partial charge in [-0.1, -0.05) is 17.3 Å². The second kappa shape index (κ2) is 9.64. The number of benzene rings is 2. The Morgan fingerprint density at radius 3 is 2.57 bits per heavy atom. The third-order valence-corrected chi connectivity index (χ3v) is 4.26. The van der Waals surface area contributed by atoms with Gasteiger partial charge in [-0.3, -0.25) is 4.79 Å². The molecule has 6 nitrogen and oxygen atoms in total. The molecule has 0 aliphatic rings. The molecule has 0 saturated heterocycles. The average molecular weight is 383 g/mol. The van der Waals surface area contributed by atoms with E-state index in [4.69, 9.17) is 9.26 Å². The molecule has 0 atom stereocenters. The lowest BCUT2D eigenvalue weighted by Crippen LogP contribution is -2.26. The molecule has 2 aromatic carbocycles. The Hall–Kier alpha value is -3.22. The van der Waals surface area contributed by atoms with Crippen LogP contribution in [-0.4, -0.2) is 29.7 Å². The lowest BCUT2D eigenvalue weighted by atomic mass is 10.1. The van der Waals surface area contributed by atoms with E-state index in [1.807, 2.05) is 24.3 Å². The number of methoxy groups -OCH3 is 1. The third kappa shape index (κ3) is 5.64. The highest BCUT2D eigenvalue weighted by molar-refractivity contribution is 5.77. The van der Waals surface area contributed by atoms with Crippen LogP contribution in [0.2, 0.25) is 0 Å². The number of nitrogens with one attached hydrogen (secondary N) is 1. The van der Waals surface area contributed by atoms with Gasteiger partial charge in [-0.2, -0.15) is 4.98 Å². The van der Waals surface area contributed by atoms with Gasteiger partial charge in [-0.15, -0.1) is 0 Å². The van der Waals surface area contributed by atoms with E-state index >= 15 is 0 Å². The van der Waals surface area contributed by atoms with Gasteiger partial charge >= 0.3 is 0 Å². The Morgan fingerprint density at radius 2 is 1.86 bits per heavy atom. The van der Waals surface area contributed by atoms with Crippen molar-refractivity contribution >= 4 is 5.91 Å². The molecule has 0 unspecified atom stereocenters. The van der Waals surface area contributed by atoms with Crippen molar-refractivity contribution in [1.29, 1.82) is 0 Å². The molecule has 0 aliphatic heterocycles. The summed E-state index contributed by atoms with van der Waals surface area (Å²) in [4.78, 5) is 16.3. The van der Waals surface area contributed by atoms with Crippen molar-refractivity contribution in [2.24, 2.45) is 0 Å². The smallest absolute Gasteiger partial charge is 0.236 e. The number of amides is 1. The summed E-state index contributed by atoms with van der Waals surface area (Å²) >= 11 is 0. The molecule has 7 heteroatoms. The zero-order valence-electron chi connectivity index (χ0n) is 15.7. The molecule has 0 bridgehead atoms. The third-order valence-electron chi connectivity index (χ3n) is 4.26. The van der Waals surface area contributed by atoms with Crippen LogP contribution < -0.4 is 10.1 Å². The molecule has 146 valence electrons. The molecule has 1 amide bonds. The van der Waals surface area contributed by atoms with Crippen LogP contribution in [0.1, 0.15) is 24.3 Å². The van der Waals surface area contributed by atoms with Crippen LogP contribution in [-0.2, 0) is 17.6 Å². The van der Waals surface area contributed by atoms with Crippen molar-refractivity contribution in [3.8, 4) is 17.1 Å². The molecule has 0 fully saturated rings. The summed E-state index contributed by atoms with van der Waals surface area (Å²) in [5, 5.41) is 6.76.